The second-order valence-corrected chi connectivity index (χ2v) is 4.36. The van der Waals surface area contributed by atoms with Gasteiger partial charge in [-0.15, -0.1) is 0 Å². The van der Waals surface area contributed by atoms with Crippen LogP contribution in [-0.2, 0) is 9.63 Å². The number of carbonyl (C=O) groups excluding carboxylic acids is 1. The molecule has 2 unspecified atom stereocenters. The van der Waals surface area contributed by atoms with E-state index in [9.17, 15) is 9.59 Å². The van der Waals surface area contributed by atoms with Crippen molar-refractivity contribution < 1.29 is 19.5 Å². The molecule has 2 amide bonds. The van der Waals surface area contributed by atoms with E-state index in [1.165, 1.54) is 0 Å². The number of piperazine rings is 1. The number of carboxylic acids is 1. The van der Waals surface area contributed by atoms with Gasteiger partial charge < -0.3 is 10.0 Å². The highest BCUT2D eigenvalue weighted by Crippen LogP contribution is 2.12. The monoisotopic (exact) mass is 245 g/mol. The zero-order valence-electron chi connectivity index (χ0n) is 10.3. The molecular weight excluding hydrogens is 226 g/mol. The highest BCUT2D eigenvalue weighted by atomic mass is 16.7. The molecule has 0 aromatic rings. The zero-order chi connectivity index (χ0) is 13.0. The molecule has 2 atom stereocenters. The highest BCUT2D eigenvalue weighted by Gasteiger charge is 2.29. The molecule has 1 saturated heterocycles. The average Bonchev–Trinajstić information content (AvgIpc) is 2.24. The fourth-order valence-electron chi connectivity index (χ4n) is 1.79. The number of carbonyl (C=O) groups is 2. The summed E-state index contributed by atoms with van der Waals surface area (Å²) in [6.07, 6.45) is 0. The van der Waals surface area contributed by atoms with Crippen LogP contribution in [0.3, 0.4) is 0 Å². The summed E-state index contributed by atoms with van der Waals surface area (Å²) in [5.41, 5.74) is 2.13. The van der Waals surface area contributed by atoms with E-state index in [-0.39, 0.29) is 12.1 Å². The topological polar surface area (TPSA) is 82.1 Å². The first-order chi connectivity index (χ1) is 7.91. The number of urea groups is 1. The predicted octanol–water partition coefficient (Wildman–Crippen LogP) is -0.263. The summed E-state index contributed by atoms with van der Waals surface area (Å²) < 4.78 is 0. The molecule has 17 heavy (non-hydrogen) atoms. The van der Waals surface area contributed by atoms with Crippen molar-refractivity contribution in [1.29, 1.82) is 0 Å². The maximum Gasteiger partial charge on any atom is 0.341 e. The van der Waals surface area contributed by atoms with Crippen LogP contribution in [0.15, 0.2) is 0 Å². The van der Waals surface area contributed by atoms with E-state index in [4.69, 9.17) is 5.11 Å². The number of aliphatic carboxylic acids is 1. The van der Waals surface area contributed by atoms with Crippen LogP contribution in [-0.4, -0.2) is 65.7 Å². The van der Waals surface area contributed by atoms with Crippen molar-refractivity contribution in [2.24, 2.45) is 0 Å². The summed E-state index contributed by atoms with van der Waals surface area (Å²) in [5.74, 6) is -1.12. The van der Waals surface area contributed by atoms with Crippen molar-refractivity contribution in [3.63, 3.8) is 0 Å². The van der Waals surface area contributed by atoms with E-state index in [1.807, 2.05) is 20.9 Å². The maximum absolute atomic E-state index is 11.7. The van der Waals surface area contributed by atoms with Gasteiger partial charge in [0, 0.05) is 25.2 Å². The Balaban J connectivity index is 2.39. The first-order valence-electron chi connectivity index (χ1n) is 5.52. The van der Waals surface area contributed by atoms with E-state index in [1.54, 1.807) is 4.90 Å². The van der Waals surface area contributed by atoms with Gasteiger partial charge in [0.05, 0.1) is 0 Å². The van der Waals surface area contributed by atoms with Crippen LogP contribution in [0, 0.1) is 0 Å². The summed E-state index contributed by atoms with van der Waals surface area (Å²) in [6.45, 7) is 4.74. The first-order valence-corrected chi connectivity index (χ1v) is 5.52. The Bertz CT molecular complexity index is 285. The van der Waals surface area contributed by atoms with Crippen LogP contribution in [0.2, 0.25) is 0 Å². The summed E-state index contributed by atoms with van der Waals surface area (Å²) in [5, 5.41) is 8.36. The zero-order valence-corrected chi connectivity index (χ0v) is 10.3. The van der Waals surface area contributed by atoms with Crippen LogP contribution in [0.5, 0.6) is 0 Å². The smallest absolute Gasteiger partial charge is 0.341 e. The second kappa shape index (κ2) is 5.83. The van der Waals surface area contributed by atoms with Gasteiger partial charge in [0.15, 0.2) is 6.61 Å². The molecule has 1 aliphatic heterocycles. The molecule has 1 heterocycles. The molecule has 1 aliphatic rings. The van der Waals surface area contributed by atoms with Crippen molar-refractivity contribution in [2.45, 2.75) is 25.9 Å². The van der Waals surface area contributed by atoms with Crippen LogP contribution in [0.1, 0.15) is 13.8 Å². The van der Waals surface area contributed by atoms with Gasteiger partial charge in [0.2, 0.25) is 0 Å². The lowest BCUT2D eigenvalue weighted by molar-refractivity contribution is -0.144. The molecule has 2 N–H and O–H groups in total. The van der Waals surface area contributed by atoms with Crippen molar-refractivity contribution in [3.8, 4) is 0 Å². The third-order valence-corrected chi connectivity index (χ3v) is 3.00. The summed E-state index contributed by atoms with van der Waals surface area (Å²) in [6, 6.07) is 0.144. The maximum atomic E-state index is 11.7. The normalized spacial score (nSPS) is 25.7. The summed E-state index contributed by atoms with van der Waals surface area (Å²) in [7, 11) is 2.02. The summed E-state index contributed by atoms with van der Waals surface area (Å²) in [4.78, 5) is 30.2. The minimum absolute atomic E-state index is 0.268. The van der Waals surface area contributed by atoms with Gasteiger partial charge in [0.25, 0.3) is 0 Å². The Morgan fingerprint density at radius 1 is 1.35 bits per heavy atom. The summed E-state index contributed by atoms with van der Waals surface area (Å²) >= 11 is 0. The van der Waals surface area contributed by atoms with E-state index in [2.05, 4.69) is 15.2 Å². The largest absolute Gasteiger partial charge is 0.479 e. The standard InChI is InChI=1S/C10H19N3O4/c1-7-4-13(5-8(2)12(7)3)10(16)11-17-6-9(14)15/h7-8H,4-6H2,1-3H3,(H,11,16)(H,14,15). The molecule has 0 bridgehead atoms. The number of nitrogens with zero attached hydrogens (tertiary/aromatic N) is 2. The lowest BCUT2D eigenvalue weighted by Crippen LogP contribution is -2.58. The van der Waals surface area contributed by atoms with Crippen LogP contribution in [0.25, 0.3) is 0 Å². The SMILES string of the molecule is CC1CN(C(=O)NOCC(=O)O)CC(C)N1C. The van der Waals surface area contributed by atoms with Gasteiger partial charge in [-0.25, -0.2) is 15.1 Å². The number of amides is 2. The average molecular weight is 245 g/mol. The predicted molar refractivity (Wildman–Crippen MR) is 60.4 cm³/mol. The highest BCUT2D eigenvalue weighted by molar-refractivity contribution is 5.74. The van der Waals surface area contributed by atoms with Gasteiger partial charge in [0.1, 0.15) is 0 Å². The van der Waals surface area contributed by atoms with Crippen molar-refractivity contribution in [2.75, 3.05) is 26.7 Å². The number of rotatable bonds is 3. The third-order valence-electron chi connectivity index (χ3n) is 3.00. The molecule has 0 aliphatic carbocycles. The number of nitrogens with one attached hydrogen (secondary N) is 1. The van der Waals surface area contributed by atoms with Crippen molar-refractivity contribution in [1.82, 2.24) is 15.3 Å². The van der Waals surface area contributed by atoms with E-state index in [0.29, 0.717) is 13.1 Å². The molecule has 0 saturated carbocycles. The molecule has 7 heteroatoms. The quantitative estimate of drug-likeness (QED) is 0.669. The number of carboxylic acid groups (broad SMARTS) is 1. The minimum Gasteiger partial charge on any atom is -0.479 e. The van der Waals surface area contributed by atoms with E-state index < -0.39 is 18.6 Å². The number of hydroxylamine groups is 1. The molecule has 98 valence electrons. The number of hydrogen-bond acceptors (Lipinski definition) is 4. The van der Waals surface area contributed by atoms with Gasteiger partial charge in [-0.05, 0) is 20.9 Å². The molecule has 1 fully saturated rings. The van der Waals surface area contributed by atoms with Gasteiger partial charge in [-0.3, -0.25) is 9.74 Å². The molecule has 0 aromatic carbocycles. The fraction of sp³-hybridized carbons (Fsp3) is 0.800. The fourth-order valence-corrected chi connectivity index (χ4v) is 1.79. The number of hydrogen-bond donors (Lipinski definition) is 2. The van der Waals surface area contributed by atoms with Gasteiger partial charge >= 0.3 is 12.0 Å². The van der Waals surface area contributed by atoms with Gasteiger partial charge in [-0.1, -0.05) is 0 Å². The van der Waals surface area contributed by atoms with E-state index in [0.717, 1.165) is 0 Å². The lowest BCUT2D eigenvalue weighted by atomic mass is 10.1. The van der Waals surface area contributed by atoms with Gasteiger partial charge in [-0.2, -0.15) is 0 Å². The Morgan fingerprint density at radius 2 is 1.88 bits per heavy atom. The Labute approximate surface area is 100 Å². The Morgan fingerprint density at radius 3 is 2.35 bits per heavy atom. The van der Waals surface area contributed by atoms with Crippen LogP contribution < -0.4 is 5.48 Å². The van der Waals surface area contributed by atoms with E-state index >= 15 is 0 Å². The second-order valence-electron chi connectivity index (χ2n) is 4.36. The van der Waals surface area contributed by atoms with Crippen molar-refractivity contribution in [3.05, 3.63) is 0 Å². The minimum atomic E-state index is -1.12. The lowest BCUT2D eigenvalue weighted by Gasteiger charge is -2.42. The van der Waals surface area contributed by atoms with Crippen molar-refractivity contribution >= 4 is 12.0 Å². The Kier molecular flexibility index (Phi) is 4.71. The molecule has 0 radical (unpaired) electrons. The number of likely N-dealkylation sites (N-methyl/N-ethyl adjacent to an activating group) is 1. The third kappa shape index (κ3) is 3.86. The Hall–Kier alpha value is -1.34. The first kappa shape index (κ1) is 13.7. The molecular formula is C10H19N3O4. The van der Waals surface area contributed by atoms with Crippen LogP contribution >= 0.6 is 0 Å². The molecule has 0 spiro atoms. The molecule has 1 rings (SSSR count). The molecule has 7 nitrogen and oxygen atoms in total. The molecule has 0 aromatic heterocycles. The van der Waals surface area contributed by atoms with Crippen LogP contribution in [0.4, 0.5) is 4.79 Å².